The Morgan fingerprint density at radius 3 is 2.43 bits per heavy atom. The van der Waals surface area contributed by atoms with Gasteiger partial charge in [-0.05, 0) is 18.6 Å². The highest BCUT2D eigenvalue weighted by atomic mass is 16.5. The number of hydrogen-bond donors (Lipinski definition) is 1. The second-order valence-corrected chi connectivity index (χ2v) is 7.40. The Morgan fingerprint density at radius 2 is 1.77 bits per heavy atom. The average molecular weight is 407 g/mol. The first-order valence-corrected chi connectivity index (χ1v) is 9.82. The SMILES string of the molecule is COc1cccc(C2NC(=O)N(C)C3=C2C(=O)N(C(C)c2ccccc2)C3)c1OC. The van der Waals surface area contributed by atoms with Crippen molar-refractivity contribution >= 4 is 11.9 Å². The second kappa shape index (κ2) is 7.74. The van der Waals surface area contributed by atoms with Crippen molar-refractivity contribution in [2.75, 3.05) is 27.8 Å². The van der Waals surface area contributed by atoms with Gasteiger partial charge in [0.05, 0.1) is 44.1 Å². The number of methoxy groups -OCH3 is 2. The lowest BCUT2D eigenvalue weighted by Crippen LogP contribution is -2.45. The van der Waals surface area contributed by atoms with E-state index >= 15 is 0 Å². The third kappa shape index (κ3) is 3.07. The number of amides is 3. The molecule has 2 unspecified atom stereocenters. The fraction of sp³-hybridized carbons (Fsp3) is 0.304. The first-order valence-electron chi connectivity index (χ1n) is 9.82. The Morgan fingerprint density at radius 1 is 1.03 bits per heavy atom. The van der Waals surface area contributed by atoms with Crippen LogP contribution in [0.25, 0.3) is 0 Å². The first kappa shape index (κ1) is 19.8. The van der Waals surface area contributed by atoms with Gasteiger partial charge in [0.25, 0.3) is 5.91 Å². The third-order valence-electron chi connectivity index (χ3n) is 5.88. The van der Waals surface area contributed by atoms with Crippen LogP contribution in [0.2, 0.25) is 0 Å². The van der Waals surface area contributed by atoms with Crippen LogP contribution in [0.15, 0.2) is 59.8 Å². The van der Waals surface area contributed by atoms with Gasteiger partial charge in [0.2, 0.25) is 0 Å². The molecule has 156 valence electrons. The van der Waals surface area contributed by atoms with Gasteiger partial charge in [-0.1, -0.05) is 42.5 Å². The minimum atomic E-state index is -0.616. The number of urea groups is 1. The molecule has 2 aliphatic heterocycles. The van der Waals surface area contributed by atoms with E-state index in [0.29, 0.717) is 34.9 Å². The molecule has 0 aromatic heterocycles. The van der Waals surface area contributed by atoms with Gasteiger partial charge in [-0.2, -0.15) is 0 Å². The molecule has 2 aromatic carbocycles. The zero-order chi connectivity index (χ0) is 21.4. The lowest BCUT2D eigenvalue weighted by Gasteiger charge is -2.31. The third-order valence-corrected chi connectivity index (χ3v) is 5.88. The van der Waals surface area contributed by atoms with Crippen LogP contribution in [-0.2, 0) is 4.79 Å². The summed E-state index contributed by atoms with van der Waals surface area (Å²) in [6.45, 7) is 2.37. The predicted molar refractivity (Wildman–Crippen MR) is 112 cm³/mol. The molecule has 7 nitrogen and oxygen atoms in total. The largest absolute Gasteiger partial charge is 0.493 e. The van der Waals surface area contributed by atoms with Crippen molar-refractivity contribution in [3.63, 3.8) is 0 Å². The molecule has 2 aromatic rings. The van der Waals surface area contributed by atoms with Crippen molar-refractivity contribution in [1.82, 2.24) is 15.1 Å². The van der Waals surface area contributed by atoms with Crippen molar-refractivity contribution in [3.8, 4) is 11.5 Å². The van der Waals surface area contributed by atoms with Crippen LogP contribution >= 0.6 is 0 Å². The van der Waals surface area contributed by atoms with E-state index in [1.54, 1.807) is 32.2 Å². The standard InChI is InChI=1S/C23H25N3O4/c1-14(15-9-6-5-7-10-15)26-13-17-19(22(26)27)20(24-23(28)25(17)2)16-11-8-12-18(29-3)21(16)30-4/h5-12,14,20H,13H2,1-4H3,(H,24,28). The predicted octanol–water partition coefficient (Wildman–Crippen LogP) is 3.26. The molecule has 0 saturated carbocycles. The van der Waals surface area contributed by atoms with Crippen molar-refractivity contribution < 1.29 is 19.1 Å². The topological polar surface area (TPSA) is 71.1 Å². The minimum Gasteiger partial charge on any atom is -0.493 e. The van der Waals surface area contributed by atoms with Crippen molar-refractivity contribution in [1.29, 1.82) is 0 Å². The maximum atomic E-state index is 13.6. The van der Waals surface area contributed by atoms with Gasteiger partial charge in [0.1, 0.15) is 0 Å². The lowest BCUT2D eigenvalue weighted by molar-refractivity contribution is -0.127. The molecule has 2 aliphatic rings. The molecule has 0 bridgehead atoms. The maximum absolute atomic E-state index is 13.6. The molecule has 1 N–H and O–H groups in total. The molecule has 0 fully saturated rings. The number of likely N-dealkylation sites (N-methyl/N-ethyl adjacent to an activating group) is 1. The number of nitrogens with zero attached hydrogens (tertiary/aromatic N) is 2. The van der Waals surface area contributed by atoms with Gasteiger partial charge in [-0.3, -0.25) is 9.69 Å². The Labute approximate surface area is 175 Å². The Balaban J connectivity index is 1.77. The van der Waals surface area contributed by atoms with Gasteiger partial charge in [-0.15, -0.1) is 0 Å². The number of benzene rings is 2. The summed E-state index contributed by atoms with van der Waals surface area (Å²) in [6.07, 6.45) is 0. The van der Waals surface area contributed by atoms with E-state index < -0.39 is 6.04 Å². The molecule has 4 rings (SSSR count). The summed E-state index contributed by atoms with van der Waals surface area (Å²) in [5.74, 6) is 0.956. The number of ether oxygens (including phenoxy) is 2. The van der Waals surface area contributed by atoms with Crippen LogP contribution in [0.3, 0.4) is 0 Å². The minimum absolute atomic E-state index is 0.0944. The van der Waals surface area contributed by atoms with Crippen molar-refractivity contribution in [2.24, 2.45) is 0 Å². The Bertz CT molecular complexity index is 1020. The lowest BCUT2D eigenvalue weighted by atomic mass is 9.94. The van der Waals surface area contributed by atoms with Crippen LogP contribution in [0.1, 0.15) is 30.1 Å². The van der Waals surface area contributed by atoms with E-state index in [2.05, 4.69) is 5.32 Å². The second-order valence-electron chi connectivity index (χ2n) is 7.40. The summed E-state index contributed by atoms with van der Waals surface area (Å²) in [5, 5.41) is 2.96. The number of rotatable bonds is 5. The van der Waals surface area contributed by atoms with E-state index in [9.17, 15) is 9.59 Å². The number of carbonyl (C=O) groups is 2. The van der Waals surface area contributed by atoms with E-state index in [-0.39, 0.29) is 18.0 Å². The quantitative estimate of drug-likeness (QED) is 0.826. The van der Waals surface area contributed by atoms with E-state index in [4.69, 9.17) is 9.47 Å². The Kier molecular flexibility index (Phi) is 5.11. The van der Waals surface area contributed by atoms with Crippen LogP contribution in [0, 0.1) is 0 Å². The molecule has 7 heteroatoms. The van der Waals surface area contributed by atoms with E-state index in [1.807, 2.05) is 49.4 Å². The molecule has 2 heterocycles. The van der Waals surface area contributed by atoms with Crippen molar-refractivity contribution in [3.05, 3.63) is 70.9 Å². The number of nitrogens with one attached hydrogen (secondary N) is 1. The summed E-state index contributed by atoms with van der Waals surface area (Å²) in [7, 11) is 4.80. The molecule has 0 radical (unpaired) electrons. The van der Waals surface area contributed by atoms with Gasteiger partial charge < -0.3 is 19.7 Å². The fourth-order valence-electron chi connectivity index (χ4n) is 4.19. The highest BCUT2D eigenvalue weighted by Gasteiger charge is 2.45. The van der Waals surface area contributed by atoms with Gasteiger partial charge in [0, 0.05) is 12.6 Å². The Hall–Kier alpha value is -3.48. The normalized spacial score (nSPS) is 19.5. The number of para-hydroxylation sites is 1. The number of carbonyl (C=O) groups excluding carboxylic acids is 2. The molecular weight excluding hydrogens is 382 g/mol. The monoisotopic (exact) mass is 407 g/mol. The zero-order valence-corrected chi connectivity index (χ0v) is 17.5. The van der Waals surface area contributed by atoms with Crippen LogP contribution in [-0.4, -0.2) is 49.6 Å². The average Bonchev–Trinajstić information content (AvgIpc) is 3.13. The summed E-state index contributed by atoms with van der Waals surface area (Å²) < 4.78 is 11.0. The molecule has 0 spiro atoms. The molecule has 0 aliphatic carbocycles. The molecule has 30 heavy (non-hydrogen) atoms. The number of hydrogen-bond acceptors (Lipinski definition) is 4. The first-order chi connectivity index (χ1) is 14.5. The summed E-state index contributed by atoms with van der Waals surface area (Å²) in [5.41, 5.74) is 3.00. The molecule has 2 atom stereocenters. The summed E-state index contributed by atoms with van der Waals surface area (Å²) >= 11 is 0. The van der Waals surface area contributed by atoms with Crippen LogP contribution < -0.4 is 14.8 Å². The summed E-state index contributed by atoms with van der Waals surface area (Å²) in [6, 6.07) is 14.3. The molecule has 3 amide bonds. The summed E-state index contributed by atoms with van der Waals surface area (Å²) in [4.78, 5) is 29.6. The van der Waals surface area contributed by atoms with Gasteiger partial charge in [-0.25, -0.2) is 4.79 Å². The van der Waals surface area contributed by atoms with Crippen molar-refractivity contribution in [2.45, 2.75) is 19.0 Å². The highest BCUT2D eigenvalue weighted by Crippen LogP contribution is 2.43. The molecular formula is C23H25N3O4. The van der Waals surface area contributed by atoms with E-state index in [0.717, 1.165) is 5.56 Å². The fourth-order valence-corrected chi connectivity index (χ4v) is 4.19. The highest BCUT2D eigenvalue weighted by molar-refractivity contribution is 6.01. The van der Waals surface area contributed by atoms with Crippen LogP contribution in [0.4, 0.5) is 4.79 Å². The van der Waals surface area contributed by atoms with Crippen LogP contribution in [0.5, 0.6) is 11.5 Å². The van der Waals surface area contributed by atoms with Gasteiger partial charge in [0.15, 0.2) is 11.5 Å². The maximum Gasteiger partial charge on any atom is 0.322 e. The zero-order valence-electron chi connectivity index (χ0n) is 17.5. The molecule has 0 saturated heterocycles. The van der Waals surface area contributed by atoms with E-state index in [1.165, 1.54) is 4.90 Å². The smallest absolute Gasteiger partial charge is 0.322 e. The van der Waals surface area contributed by atoms with Gasteiger partial charge >= 0.3 is 6.03 Å².